The van der Waals surface area contributed by atoms with Gasteiger partial charge in [0.05, 0.1) is 11.5 Å². The van der Waals surface area contributed by atoms with Crippen LogP contribution in [0.1, 0.15) is 36.0 Å². The van der Waals surface area contributed by atoms with Crippen LogP contribution in [0, 0.1) is 17.2 Å². The maximum Gasteiger partial charge on any atom is 0.343 e. The van der Waals surface area contributed by atoms with Crippen LogP contribution in [0.3, 0.4) is 0 Å². The summed E-state index contributed by atoms with van der Waals surface area (Å²) >= 11 is 0. The van der Waals surface area contributed by atoms with Crippen LogP contribution in [-0.4, -0.2) is 24.4 Å². The number of nitrogens with one attached hydrogen (secondary N) is 2. The Morgan fingerprint density at radius 1 is 0.931 bits per heavy atom. The second-order valence-electron chi connectivity index (χ2n) is 7.16. The molecule has 1 aliphatic rings. The number of nitrogens with two attached hydrogens (primary N) is 1. The van der Waals surface area contributed by atoms with Crippen LogP contribution in [0.4, 0.5) is 0 Å². The Bertz CT molecular complexity index is 844. The fraction of sp³-hybridized carbons (Fsp3) is 0.318. The third-order valence-electron chi connectivity index (χ3n) is 5.02. The molecule has 0 spiro atoms. The summed E-state index contributed by atoms with van der Waals surface area (Å²) in [6, 6.07) is 15.2. The quantitative estimate of drug-likeness (QED) is 0.300. The monoisotopic (exact) mass is 395 g/mol. The van der Waals surface area contributed by atoms with Gasteiger partial charge in [-0.1, -0.05) is 18.2 Å². The normalized spacial score (nSPS) is 18.5. The number of guanidine groups is 1. The molecule has 0 saturated heterocycles. The Morgan fingerprint density at radius 2 is 1.55 bits per heavy atom. The van der Waals surface area contributed by atoms with Crippen molar-refractivity contribution in [2.45, 2.75) is 25.7 Å². The summed E-state index contributed by atoms with van der Waals surface area (Å²) in [6.45, 7) is 0.664. The number of hydrogen-bond donors (Lipinski definition) is 3. The summed E-state index contributed by atoms with van der Waals surface area (Å²) < 4.78 is 10.8. The van der Waals surface area contributed by atoms with Crippen molar-refractivity contribution in [1.29, 1.82) is 5.41 Å². The van der Waals surface area contributed by atoms with E-state index in [1.54, 1.807) is 48.5 Å². The number of para-hydroxylation sites is 1. The summed E-state index contributed by atoms with van der Waals surface area (Å²) in [5, 5.41) is 10.0. The van der Waals surface area contributed by atoms with Gasteiger partial charge in [-0.3, -0.25) is 10.2 Å². The summed E-state index contributed by atoms with van der Waals surface area (Å²) in [4.78, 5) is 24.6. The van der Waals surface area contributed by atoms with Gasteiger partial charge in [0.2, 0.25) is 0 Å². The SMILES string of the molecule is N=C(N)NC[C@H]1CC[C@H](C(=O)Oc2ccc(C(=O)Oc3ccccc3)cc2)CC1. The van der Waals surface area contributed by atoms with Crippen molar-refractivity contribution in [2.24, 2.45) is 17.6 Å². The number of hydrogen-bond acceptors (Lipinski definition) is 5. The molecule has 0 bridgehead atoms. The van der Waals surface area contributed by atoms with E-state index in [2.05, 4.69) is 5.32 Å². The van der Waals surface area contributed by atoms with Crippen LogP contribution in [0.2, 0.25) is 0 Å². The fourth-order valence-electron chi connectivity index (χ4n) is 3.37. The maximum atomic E-state index is 12.4. The molecular weight excluding hydrogens is 370 g/mol. The van der Waals surface area contributed by atoms with Crippen molar-refractivity contribution in [3.8, 4) is 11.5 Å². The van der Waals surface area contributed by atoms with Gasteiger partial charge >= 0.3 is 11.9 Å². The minimum Gasteiger partial charge on any atom is -0.426 e. The minimum absolute atomic E-state index is 0.0253. The number of ether oxygens (including phenoxy) is 2. The van der Waals surface area contributed by atoms with Gasteiger partial charge < -0.3 is 20.5 Å². The largest absolute Gasteiger partial charge is 0.426 e. The molecule has 0 aromatic heterocycles. The first-order valence-electron chi connectivity index (χ1n) is 9.68. The van der Waals surface area contributed by atoms with Gasteiger partial charge in [0.1, 0.15) is 11.5 Å². The number of benzene rings is 2. The van der Waals surface area contributed by atoms with E-state index in [0.717, 1.165) is 25.7 Å². The number of carbonyl (C=O) groups excluding carboxylic acids is 2. The highest BCUT2D eigenvalue weighted by molar-refractivity contribution is 5.91. The summed E-state index contributed by atoms with van der Waals surface area (Å²) in [7, 11) is 0. The van der Waals surface area contributed by atoms with E-state index < -0.39 is 5.97 Å². The van der Waals surface area contributed by atoms with Crippen LogP contribution in [0.25, 0.3) is 0 Å². The number of rotatable bonds is 6. The van der Waals surface area contributed by atoms with Gasteiger partial charge in [0.25, 0.3) is 0 Å². The van der Waals surface area contributed by atoms with E-state index in [4.69, 9.17) is 20.6 Å². The highest BCUT2D eigenvalue weighted by atomic mass is 16.5. The zero-order valence-electron chi connectivity index (χ0n) is 16.1. The van der Waals surface area contributed by atoms with Crippen molar-refractivity contribution in [3.05, 3.63) is 60.2 Å². The molecule has 2 aromatic carbocycles. The van der Waals surface area contributed by atoms with E-state index in [1.807, 2.05) is 6.07 Å². The van der Waals surface area contributed by atoms with Gasteiger partial charge in [-0.05, 0) is 68.0 Å². The Hall–Kier alpha value is -3.35. The van der Waals surface area contributed by atoms with Crippen LogP contribution in [0.15, 0.2) is 54.6 Å². The Kier molecular flexibility index (Phi) is 6.84. The summed E-state index contributed by atoms with van der Waals surface area (Å²) in [5.74, 6) is 0.426. The van der Waals surface area contributed by atoms with Crippen LogP contribution >= 0.6 is 0 Å². The predicted octanol–water partition coefficient (Wildman–Crippen LogP) is 3.10. The number of carbonyl (C=O) groups is 2. The first-order chi connectivity index (χ1) is 14.0. The Balaban J connectivity index is 1.47. The van der Waals surface area contributed by atoms with E-state index in [-0.39, 0.29) is 17.8 Å². The lowest BCUT2D eigenvalue weighted by Crippen LogP contribution is -2.36. The molecule has 7 heteroatoms. The Morgan fingerprint density at radius 3 is 2.17 bits per heavy atom. The zero-order valence-corrected chi connectivity index (χ0v) is 16.1. The lowest BCUT2D eigenvalue weighted by atomic mass is 9.82. The van der Waals surface area contributed by atoms with Gasteiger partial charge in [-0.15, -0.1) is 0 Å². The first-order valence-corrected chi connectivity index (χ1v) is 9.68. The zero-order chi connectivity index (χ0) is 20.6. The molecule has 7 nitrogen and oxygen atoms in total. The van der Waals surface area contributed by atoms with Gasteiger partial charge in [0.15, 0.2) is 5.96 Å². The molecule has 0 atom stereocenters. The summed E-state index contributed by atoms with van der Waals surface area (Å²) in [5.41, 5.74) is 5.69. The lowest BCUT2D eigenvalue weighted by molar-refractivity contribution is -0.140. The van der Waals surface area contributed by atoms with Crippen molar-refractivity contribution < 1.29 is 19.1 Å². The molecule has 152 valence electrons. The number of esters is 2. The van der Waals surface area contributed by atoms with E-state index >= 15 is 0 Å². The first kappa shape index (κ1) is 20.4. The average Bonchev–Trinajstić information content (AvgIpc) is 2.74. The maximum absolute atomic E-state index is 12.4. The lowest BCUT2D eigenvalue weighted by Gasteiger charge is -2.27. The van der Waals surface area contributed by atoms with Crippen molar-refractivity contribution in [1.82, 2.24) is 5.32 Å². The molecule has 4 N–H and O–H groups in total. The van der Waals surface area contributed by atoms with Crippen LogP contribution in [0.5, 0.6) is 11.5 Å². The van der Waals surface area contributed by atoms with Gasteiger partial charge in [0, 0.05) is 6.54 Å². The molecule has 2 aromatic rings. The van der Waals surface area contributed by atoms with E-state index in [0.29, 0.717) is 29.5 Å². The molecule has 0 radical (unpaired) electrons. The third-order valence-corrected chi connectivity index (χ3v) is 5.02. The van der Waals surface area contributed by atoms with E-state index in [1.165, 1.54) is 0 Å². The highest BCUT2D eigenvalue weighted by Crippen LogP contribution is 2.29. The van der Waals surface area contributed by atoms with Crippen molar-refractivity contribution >= 4 is 17.9 Å². The molecule has 1 fully saturated rings. The molecule has 1 saturated carbocycles. The molecule has 0 heterocycles. The van der Waals surface area contributed by atoms with Gasteiger partial charge in [-0.25, -0.2) is 4.79 Å². The predicted molar refractivity (Wildman–Crippen MR) is 109 cm³/mol. The van der Waals surface area contributed by atoms with Crippen LogP contribution < -0.4 is 20.5 Å². The van der Waals surface area contributed by atoms with Crippen LogP contribution in [-0.2, 0) is 4.79 Å². The molecule has 0 unspecified atom stereocenters. The molecule has 29 heavy (non-hydrogen) atoms. The molecule has 1 aliphatic carbocycles. The van der Waals surface area contributed by atoms with Crippen molar-refractivity contribution in [2.75, 3.05) is 6.54 Å². The highest BCUT2D eigenvalue weighted by Gasteiger charge is 2.27. The topological polar surface area (TPSA) is 115 Å². The van der Waals surface area contributed by atoms with E-state index in [9.17, 15) is 9.59 Å². The second-order valence-corrected chi connectivity index (χ2v) is 7.16. The minimum atomic E-state index is -0.466. The molecule has 0 amide bonds. The standard InChI is InChI=1S/C22H25N3O4/c23-22(24)25-14-15-6-8-16(9-7-15)20(26)29-19-12-10-17(11-13-19)21(27)28-18-4-2-1-3-5-18/h1-5,10-13,15-16H,6-9,14H2,(H4,23,24,25)/t15-,16-. The van der Waals surface area contributed by atoms with Gasteiger partial charge in [-0.2, -0.15) is 0 Å². The smallest absolute Gasteiger partial charge is 0.343 e. The second kappa shape index (κ2) is 9.73. The molecular formula is C22H25N3O4. The third kappa shape index (κ3) is 6.07. The fourth-order valence-corrected chi connectivity index (χ4v) is 3.37. The van der Waals surface area contributed by atoms with Crippen molar-refractivity contribution in [3.63, 3.8) is 0 Å². The average molecular weight is 395 g/mol. The Labute approximate surface area is 169 Å². The molecule has 0 aliphatic heterocycles. The molecule has 3 rings (SSSR count). The summed E-state index contributed by atoms with van der Waals surface area (Å²) in [6.07, 6.45) is 3.30.